The van der Waals surface area contributed by atoms with Gasteiger partial charge in [0.25, 0.3) is 0 Å². The summed E-state index contributed by atoms with van der Waals surface area (Å²) in [5, 5.41) is 6.48. The van der Waals surface area contributed by atoms with Crippen LogP contribution in [-0.2, 0) is 16.0 Å². The maximum Gasteiger partial charge on any atom is 0.228 e. The number of rotatable bonds is 5. The fourth-order valence-corrected chi connectivity index (χ4v) is 2.56. The maximum atomic E-state index is 12.2. The molecule has 4 nitrogen and oxygen atoms in total. The second-order valence-corrected chi connectivity index (χ2v) is 6.46. The first-order valence-corrected chi connectivity index (χ1v) is 8.26. The first-order chi connectivity index (χ1) is 11.4. The molecule has 0 heterocycles. The smallest absolute Gasteiger partial charge is 0.228 e. The Kier molecular flexibility index (Phi) is 6.23. The zero-order chi connectivity index (χ0) is 17.7. The molecule has 24 heavy (non-hydrogen) atoms. The van der Waals surface area contributed by atoms with Gasteiger partial charge in [0.1, 0.15) is 0 Å². The largest absolute Gasteiger partial charge is 0.326 e. The lowest BCUT2D eigenvalue weighted by molar-refractivity contribution is -0.119. The van der Waals surface area contributed by atoms with Gasteiger partial charge in [-0.3, -0.25) is 9.59 Å². The molecule has 2 aromatic rings. The van der Waals surface area contributed by atoms with Gasteiger partial charge in [0.05, 0.1) is 6.42 Å². The van der Waals surface area contributed by atoms with Crippen LogP contribution in [0.1, 0.15) is 19.4 Å². The summed E-state index contributed by atoms with van der Waals surface area (Å²) >= 11 is 12.2. The summed E-state index contributed by atoms with van der Waals surface area (Å²) in [7, 11) is 0. The molecule has 2 aromatic carbocycles. The highest BCUT2D eigenvalue weighted by atomic mass is 35.5. The molecule has 2 rings (SSSR count). The van der Waals surface area contributed by atoms with Gasteiger partial charge in [0.2, 0.25) is 11.8 Å². The van der Waals surface area contributed by atoms with Gasteiger partial charge in [0.15, 0.2) is 0 Å². The van der Waals surface area contributed by atoms with E-state index in [0.29, 0.717) is 27.0 Å². The first-order valence-electron chi connectivity index (χ1n) is 7.50. The van der Waals surface area contributed by atoms with E-state index in [1.807, 2.05) is 13.8 Å². The zero-order valence-corrected chi connectivity index (χ0v) is 14.9. The third-order valence-electron chi connectivity index (χ3n) is 3.34. The number of hydrogen-bond acceptors (Lipinski definition) is 2. The molecule has 0 atom stereocenters. The molecule has 0 aliphatic carbocycles. The van der Waals surface area contributed by atoms with Crippen LogP contribution in [-0.4, -0.2) is 11.8 Å². The van der Waals surface area contributed by atoms with E-state index in [2.05, 4.69) is 10.6 Å². The molecular weight excluding hydrogens is 347 g/mol. The zero-order valence-electron chi connectivity index (χ0n) is 13.4. The Labute approximate surface area is 151 Å². The number of carbonyl (C=O) groups excluding carboxylic acids is 2. The van der Waals surface area contributed by atoms with Crippen molar-refractivity contribution in [2.45, 2.75) is 20.3 Å². The Morgan fingerprint density at radius 1 is 0.958 bits per heavy atom. The average Bonchev–Trinajstić information content (AvgIpc) is 2.51. The molecule has 0 radical (unpaired) electrons. The minimum Gasteiger partial charge on any atom is -0.326 e. The predicted molar refractivity (Wildman–Crippen MR) is 98.7 cm³/mol. The van der Waals surface area contributed by atoms with Crippen molar-refractivity contribution < 1.29 is 9.59 Å². The van der Waals surface area contributed by atoms with E-state index in [9.17, 15) is 9.59 Å². The van der Waals surface area contributed by atoms with Gasteiger partial charge < -0.3 is 10.6 Å². The first kappa shape index (κ1) is 18.3. The van der Waals surface area contributed by atoms with E-state index >= 15 is 0 Å². The lowest BCUT2D eigenvalue weighted by Gasteiger charge is -2.11. The number of amides is 2. The molecule has 2 amide bonds. The third kappa shape index (κ3) is 4.98. The fraction of sp³-hybridized carbons (Fsp3) is 0.222. The van der Waals surface area contributed by atoms with E-state index in [1.165, 1.54) is 0 Å². The lowest BCUT2D eigenvalue weighted by Crippen LogP contribution is -2.18. The van der Waals surface area contributed by atoms with Gasteiger partial charge in [-0.1, -0.05) is 49.2 Å². The molecule has 0 saturated heterocycles. The highest BCUT2D eigenvalue weighted by Crippen LogP contribution is 2.25. The molecule has 0 aromatic heterocycles. The van der Waals surface area contributed by atoms with Crippen molar-refractivity contribution in [1.29, 1.82) is 0 Å². The summed E-state index contributed by atoms with van der Waals surface area (Å²) in [4.78, 5) is 23.9. The van der Waals surface area contributed by atoms with Crippen LogP contribution in [0, 0.1) is 5.92 Å². The topological polar surface area (TPSA) is 58.2 Å². The van der Waals surface area contributed by atoms with Gasteiger partial charge in [-0.2, -0.15) is 0 Å². The normalized spacial score (nSPS) is 10.5. The van der Waals surface area contributed by atoms with E-state index in [-0.39, 0.29) is 24.2 Å². The standard InChI is InChI=1S/C18H18Cl2N2O2/c1-11(2)18(24)22-13-6-3-5-12(9-13)21-17(23)10-14-15(19)7-4-8-16(14)20/h3-9,11H,10H2,1-2H3,(H,21,23)(H,22,24). The summed E-state index contributed by atoms with van der Waals surface area (Å²) in [6.07, 6.45) is 0.0705. The molecular formula is C18H18Cl2N2O2. The number of anilines is 2. The number of carbonyl (C=O) groups is 2. The number of benzene rings is 2. The SMILES string of the molecule is CC(C)C(=O)Nc1cccc(NC(=O)Cc2c(Cl)cccc2Cl)c1. The Bertz CT molecular complexity index is 740. The van der Waals surface area contributed by atoms with Gasteiger partial charge >= 0.3 is 0 Å². The predicted octanol–water partition coefficient (Wildman–Crippen LogP) is 4.77. The molecule has 0 saturated carbocycles. The van der Waals surface area contributed by atoms with Crippen LogP contribution in [0.5, 0.6) is 0 Å². The minimum atomic E-state index is -0.239. The Morgan fingerprint density at radius 2 is 1.50 bits per heavy atom. The van der Waals surface area contributed by atoms with Crippen molar-refractivity contribution in [3.05, 3.63) is 58.1 Å². The average molecular weight is 365 g/mol. The van der Waals surface area contributed by atoms with Crippen molar-refractivity contribution in [1.82, 2.24) is 0 Å². The van der Waals surface area contributed by atoms with Gasteiger partial charge in [-0.25, -0.2) is 0 Å². The molecule has 0 aliphatic heterocycles. The summed E-state index contributed by atoms with van der Waals surface area (Å²) in [5.41, 5.74) is 1.80. The second-order valence-electron chi connectivity index (χ2n) is 5.65. The van der Waals surface area contributed by atoms with E-state index in [4.69, 9.17) is 23.2 Å². The summed E-state index contributed by atoms with van der Waals surface area (Å²) < 4.78 is 0. The van der Waals surface area contributed by atoms with E-state index < -0.39 is 0 Å². The summed E-state index contributed by atoms with van der Waals surface area (Å²) in [5.74, 6) is -0.440. The third-order valence-corrected chi connectivity index (χ3v) is 4.05. The van der Waals surface area contributed by atoms with Gasteiger partial charge in [0, 0.05) is 27.3 Å². The fourth-order valence-electron chi connectivity index (χ4n) is 2.03. The quantitative estimate of drug-likeness (QED) is 0.802. The van der Waals surface area contributed by atoms with Crippen LogP contribution in [0.25, 0.3) is 0 Å². The summed E-state index contributed by atoms with van der Waals surface area (Å²) in [6, 6.07) is 12.1. The van der Waals surface area contributed by atoms with Crippen molar-refractivity contribution in [2.75, 3.05) is 10.6 Å². The minimum absolute atomic E-state index is 0.0705. The number of hydrogen-bond donors (Lipinski definition) is 2. The van der Waals surface area contributed by atoms with Crippen LogP contribution >= 0.6 is 23.2 Å². The van der Waals surface area contributed by atoms with E-state index in [0.717, 1.165) is 0 Å². The van der Waals surface area contributed by atoms with Gasteiger partial charge in [-0.05, 0) is 35.9 Å². The van der Waals surface area contributed by atoms with Crippen LogP contribution in [0.15, 0.2) is 42.5 Å². The van der Waals surface area contributed by atoms with Crippen LogP contribution in [0.4, 0.5) is 11.4 Å². The molecule has 0 unspecified atom stereocenters. The monoisotopic (exact) mass is 364 g/mol. The molecule has 0 aliphatic rings. The van der Waals surface area contributed by atoms with Crippen molar-refractivity contribution in [3.63, 3.8) is 0 Å². The van der Waals surface area contributed by atoms with Gasteiger partial charge in [-0.15, -0.1) is 0 Å². The lowest BCUT2D eigenvalue weighted by atomic mass is 10.1. The number of nitrogens with one attached hydrogen (secondary N) is 2. The molecule has 0 spiro atoms. The molecule has 2 N–H and O–H groups in total. The summed E-state index contributed by atoms with van der Waals surface area (Å²) in [6.45, 7) is 3.63. The number of halogens is 2. The highest BCUT2D eigenvalue weighted by Gasteiger charge is 2.12. The highest BCUT2D eigenvalue weighted by molar-refractivity contribution is 6.36. The van der Waals surface area contributed by atoms with Crippen molar-refractivity contribution in [2.24, 2.45) is 5.92 Å². The van der Waals surface area contributed by atoms with Crippen molar-refractivity contribution >= 4 is 46.4 Å². The molecule has 6 heteroatoms. The second kappa shape index (κ2) is 8.18. The maximum absolute atomic E-state index is 12.2. The van der Waals surface area contributed by atoms with Crippen LogP contribution in [0.3, 0.4) is 0 Å². The molecule has 0 bridgehead atoms. The van der Waals surface area contributed by atoms with Crippen LogP contribution in [0.2, 0.25) is 10.0 Å². The van der Waals surface area contributed by atoms with E-state index in [1.54, 1.807) is 42.5 Å². The van der Waals surface area contributed by atoms with Crippen molar-refractivity contribution in [3.8, 4) is 0 Å². The molecule has 126 valence electrons. The Hall–Kier alpha value is -2.04. The Balaban J connectivity index is 2.05. The Morgan fingerprint density at radius 3 is 2.08 bits per heavy atom. The molecule has 0 fully saturated rings. The van der Waals surface area contributed by atoms with Crippen LogP contribution < -0.4 is 10.6 Å².